The molecule has 1 heterocycles. The topological polar surface area (TPSA) is 67.6 Å². The van der Waals surface area contributed by atoms with Gasteiger partial charge < -0.3 is 10.5 Å². The van der Waals surface area contributed by atoms with Gasteiger partial charge in [0.25, 0.3) is 0 Å². The molecule has 0 spiro atoms. The van der Waals surface area contributed by atoms with Gasteiger partial charge in [0.1, 0.15) is 6.04 Å². The summed E-state index contributed by atoms with van der Waals surface area (Å²) in [6, 6.07) is -0.236. The molecular weight excluding hydrogens is 158 g/mol. The number of carbonyl (C=O) groups is 1. The van der Waals surface area contributed by atoms with Crippen molar-refractivity contribution in [2.24, 2.45) is 5.73 Å². The maximum absolute atomic E-state index is 10.9. The number of primary amides is 1. The molecule has 0 bridgehead atoms. The average Bonchev–Trinajstić information content (AvgIpc) is 2.47. The Morgan fingerprint density at radius 3 is 2.75 bits per heavy atom. The van der Waals surface area contributed by atoms with Crippen molar-refractivity contribution >= 4 is 5.91 Å². The van der Waals surface area contributed by atoms with Crippen molar-refractivity contribution in [3.8, 4) is 0 Å². The van der Waals surface area contributed by atoms with E-state index in [1.807, 2.05) is 0 Å². The number of hydrazine groups is 1. The Kier molecular flexibility index (Phi) is 3.02. The van der Waals surface area contributed by atoms with Crippen molar-refractivity contribution < 1.29 is 9.53 Å². The van der Waals surface area contributed by atoms with E-state index in [0.29, 0.717) is 13.0 Å². The zero-order valence-corrected chi connectivity index (χ0v) is 7.41. The van der Waals surface area contributed by atoms with Crippen LogP contribution in [0.3, 0.4) is 0 Å². The molecule has 1 aliphatic heterocycles. The Balaban J connectivity index is 2.56. The fourth-order valence-electron chi connectivity index (χ4n) is 1.49. The number of hydrogen-bond donors (Lipinski definition) is 2. The van der Waals surface area contributed by atoms with Gasteiger partial charge >= 0.3 is 0 Å². The number of nitrogens with two attached hydrogens (primary N) is 1. The Morgan fingerprint density at radius 2 is 2.42 bits per heavy atom. The van der Waals surface area contributed by atoms with E-state index in [9.17, 15) is 4.79 Å². The summed E-state index contributed by atoms with van der Waals surface area (Å²) in [7, 11) is 3.41. The van der Waals surface area contributed by atoms with Crippen LogP contribution in [-0.4, -0.2) is 43.8 Å². The van der Waals surface area contributed by atoms with Gasteiger partial charge in [0, 0.05) is 20.1 Å². The molecule has 5 nitrogen and oxygen atoms in total. The Morgan fingerprint density at radius 1 is 1.75 bits per heavy atom. The van der Waals surface area contributed by atoms with Gasteiger partial charge in [-0.15, -0.1) is 0 Å². The molecular formula is C7H15N3O2. The molecule has 0 aliphatic carbocycles. The van der Waals surface area contributed by atoms with E-state index < -0.39 is 0 Å². The summed E-state index contributed by atoms with van der Waals surface area (Å²) in [4.78, 5) is 10.9. The highest BCUT2D eigenvalue weighted by atomic mass is 16.5. The van der Waals surface area contributed by atoms with Gasteiger partial charge in [0.2, 0.25) is 5.91 Å². The number of nitrogens with zero attached hydrogens (tertiary/aromatic N) is 1. The molecule has 5 heteroatoms. The number of amides is 1. The van der Waals surface area contributed by atoms with Crippen molar-refractivity contribution in [1.29, 1.82) is 0 Å². The van der Waals surface area contributed by atoms with Crippen LogP contribution in [0.5, 0.6) is 0 Å². The van der Waals surface area contributed by atoms with Crippen LogP contribution in [0.1, 0.15) is 6.42 Å². The van der Waals surface area contributed by atoms with E-state index in [1.54, 1.807) is 19.2 Å². The zero-order valence-electron chi connectivity index (χ0n) is 7.41. The van der Waals surface area contributed by atoms with Crippen LogP contribution in [0.4, 0.5) is 0 Å². The largest absolute Gasteiger partial charge is 0.380 e. The van der Waals surface area contributed by atoms with Crippen molar-refractivity contribution in [1.82, 2.24) is 10.4 Å². The lowest BCUT2D eigenvalue weighted by Gasteiger charge is -2.19. The Hall–Kier alpha value is -0.650. The molecule has 70 valence electrons. The lowest BCUT2D eigenvalue weighted by Crippen LogP contribution is -2.46. The fourth-order valence-corrected chi connectivity index (χ4v) is 1.49. The monoisotopic (exact) mass is 173 g/mol. The van der Waals surface area contributed by atoms with Gasteiger partial charge in [0.05, 0.1) is 6.10 Å². The first kappa shape index (κ1) is 9.44. The summed E-state index contributed by atoms with van der Waals surface area (Å²) in [5.74, 6) is -0.302. The standard InChI is InChI=1S/C7H15N3O2/c1-9-10-4-5(12-2)3-6(10)7(8)11/h5-6,9H,3-4H2,1-2H3,(H2,8,11). The molecule has 12 heavy (non-hydrogen) atoms. The van der Waals surface area contributed by atoms with Crippen LogP contribution in [0.25, 0.3) is 0 Å². The molecule has 3 N–H and O–H groups in total. The molecule has 2 atom stereocenters. The number of carbonyl (C=O) groups excluding carboxylic acids is 1. The third-order valence-corrected chi connectivity index (χ3v) is 2.21. The minimum Gasteiger partial charge on any atom is -0.380 e. The highest BCUT2D eigenvalue weighted by Crippen LogP contribution is 2.16. The summed E-state index contributed by atoms with van der Waals surface area (Å²) in [5, 5.41) is 1.80. The molecule has 1 fully saturated rings. The second kappa shape index (κ2) is 3.84. The normalized spacial score (nSPS) is 30.8. The van der Waals surface area contributed by atoms with Gasteiger partial charge in [0.15, 0.2) is 0 Å². The maximum atomic E-state index is 10.9. The number of methoxy groups -OCH3 is 1. The molecule has 1 amide bonds. The molecule has 0 aromatic carbocycles. The van der Waals surface area contributed by atoms with Gasteiger partial charge in [-0.3, -0.25) is 10.2 Å². The second-order valence-corrected chi connectivity index (χ2v) is 2.89. The first-order chi connectivity index (χ1) is 5.69. The highest BCUT2D eigenvalue weighted by molar-refractivity contribution is 5.80. The summed E-state index contributed by atoms with van der Waals surface area (Å²) in [6.45, 7) is 0.709. The van der Waals surface area contributed by atoms with E-state index in [0.717, 1.165) is 0 Å². The van der Waals surface area contributed by atoms with Gasteiger partial charge in [-0.25, -0.2) is 5.01 Å². The zero-order chi connectivity index (χ0) is 9.14. The molecule has 2 unspecified atom stereocenters. The number of nitrogens with one attached hydrogen (secondary N) is 1. The maximum Gasteiger partial charge on any atom is 0.236 e. The quantitative estimate of drug-likeness (QED) is 0.556. The minimum atomic E-state index is -0.302. The first-order valence-electron chi connectivity index (χ1n) is 3.95. The van der Waals surface area contributed by atoms with Gasteiger partial charge in [-0.1, -0.05) is 0 Å². The molecule has 0 radical (unpaired) electrons. The molecule has 1 rings (SSSR count). The molecule has 0 saturated carbocycles. The lowest BCUT2D eigenvalue weighted by molar-refractivity contribution is -0.123. The Labute approximate surface area is 71.8 Å². The van der Waals surface area contributed by atoms with E-state index >= 15 is 0 Å². The second-order valence-electron chi connectivity index (χ2n) is 2.89. The van der Waals surface area contributed by atoms with Crippen molar-refractivity contribution in [3.63, 3.8) is 0 Å². The van der Waals surface area contributed by atoms with E-state index in [-0.39, 0.29) is 18.1 Å². The third kappa shape index (κ3) is 1.74. The van der Waals surface area contributed by atoms with E-state index in [1.165, 1.54) is 0 Å². The molecule has 0 aromatic rings. The smallest absolute Gasteiger partial charge is 0.236 e. The summed E-state index contributed by atoms with van der Waals surface area (Å²) in [6.07, 6.45) is 0.780. The van der Waals surface area contributed by atoms with Crippen LogP contribution in [0.2, 0.25) is 0 Å². The number of rotatable bonds is 3. The van der Waals surface area contributed by atoms with Crippen LogP contribution >= 0.6 is 0 Å². The third-order valence-electron chi connectivity index (χ3n) is 2.21. The average molecular weight is 173 g/mol. The Bertz CT molecular complexity index is 174. The predicted molar refractivity (Wildman–Crippen MR) is 44.2 cm³/mol. The number of hydrogen-bond acceptors (Lipinski definition) is 4. The van der Waals surface area contributed by atoms with Gasteiger partial charge in [-0.05, 0) is 7.05 Å². The summed E-state index contributed by atoms with van der Waals surface area (Å²) in [5.41, 5.74) is 8.12. The lowest BCUT2D eigenvalue weighted by atomic mass is 10.2. The first-order valence-corrected chi connectivity index (χ1v) is 3.95. The highest BCUT2D eigenvalue weighted by Gasteiger charge is 2.34. The van der Waals surface area contributed by atoms with Crippen LogP contribution in [0, 0.1) is 0 Å². The fraction of sp³-hybridized carbons (Fsp3) is 0.857. The van der Waals surface area contributed by atoms with Crippen LogP contribution in [-0.2, 0) is 9.53 Å². The van der Waals surface area contributed by atoms with Crippen LogP contribution < -0.4 is 11.2 Å². The van der Waals surface area contributed by atoms with Gasteiger partial charge in [-0.2, -0.15) is 0 Å². The van der Waals surface area contributed by atoms with Crippen LogP contribution in [0.15, 0.2) is 0 Å². The van der Waals surface area contributed by atoms with Crippen molar-refractivity contribution in [2.45, 2.75) is 18.6 Å². The predicted octanol–water partition coefficient (Wildman–Crippen LogP) is -1.30. The van der Waals surface area contributed by atoms with E-state index in [4.69, 9.17) is 10.5 Å². The summed E-state index contributed by atoms with van der Waals surface area (Å²) < 4.78 is 5.13. The SMILES string of the molecule is CNN1CC(OC)CC1C(N)=O. The summed E-state index contributed by atoms with van der Waals surface area (Å²) >= 11 is 0. The van der Waals surface area contributed by atoms with E-state index in [2.05, 4.69) is 5.43 Å². The van der Waals surface area contributed by atoms with Crippen molar-refractivity contribution in [3.05, 3.63) is 0 Å². The molecule has 1 saturated heterocycles. The number of ether oxygens (including phenoxy) is 1. The van der Waals surface area contributed by atoms with Crippen molar-refractivity contribution in [2.75, 3.05) is 20.7 Å². The molecule has 0 aromatic heterocycles. The molecule has 1 aliphatic rings. The minimum absolute atomic E-state index is 0.106.